The van der Waals surface area contributed by atoms with Crippen LogP contribution in [-0.4, -0.2) is 63.9 Å². The predicted octanol–water partition coefficient (Wildman–Crippen LogP) is 4.10. The summed E-state index contributed by atoms with van der Waals surface area (Å²) >= 11 is 0. The molecule has 12 heteroatoms. The van der Waals surface area contributed by atoms with Crippen LogP contribution < -0.4 is 11.1 Å². The number of imidazole rings is 1. The van der Waals surface area contributed by atoms with Crippen LogP contribution in [0.25, 0.3) is 11.2 Å². The fourth-order valence-corrected chi connectivity index (χ4v) is 8.30. The molecule has 5 rings (SSSR count). The Balaban J connectivity index is 1.50. The number of rotatable bonds is 9. The summed E-state index contributed by atoms with van der Waals surface area (Å²) < 4.78 is 27.6. The number of nitrogens with two attached hydrogens (primary N) is 1. The lowest BCUT2D eigenvalue weighted by molar-refractivity contribution is -0.202. The molecule has 2 fully saturated rings. The molecule has 40 heavy (non-hydrogen) atoms. The number of hydrogen-bond donors (Lipinski definition) is 2. The highest BCUT2D eigenvalue weighted by atomic mass is 28.4. The van der Waals surface area contributed by atoms with Crippen molar-refractivity contribution < 1.29 is 23.4 Å². The van der Waals surface area contributed by atoms with E-state index in [1.807, 2.05) is 19.9 Å². The third-order valence-corrected chi connectivity index (χ3v) is 12.5. The second kappa shape index (κ2) is 10.9. The molecule has 212 valence electrons. The van der Waals surface area contributed by atoms with Gasteiger partial charge in [0.25, 0.3) is 5.91 Å². The summed E-state index contributed by atoms with van der Waals surface area (Å²) in [5.41, 5.74) is 7.63. The van der Waals surface area contributed by atoms with Crippen molar-refractivity contribution in [2.45, 2.75) is 89.2 Å². The maximum atomic E-state index is 12.8. The fraction of sp³-hybridized carbons (Fsp3) is 0.500. The van der Waals surface area contributed by atoms with E-state index >= 15 is 0 Å². The molecule has 2 aromatic heterocycles. The number of ether oxygens (including phenoxy) is 3. The van der Waals surface area contributed by atoms with Crippen LogP contribution in [0.15, 0.2) is 36.7 Å². The average Bonchev–Trinajstić information content (AvgIpc) is 3.58. The number of carbonyl (C=O) groups is 1. The van der Waals surface area contributed by atoms with Crippen molar-refractivity contribution in [2.75, 3.05) is 11.1 Å². The number of hydrogen-bond acceptors (Lipinski definition) is 9. The minimum Gasteiger partial charge on any atom is -0.401 e. The molecule has 3 aromatic rings. The third-order valence-electron chi connectivity index (χ3n) is 7.86. The Labute approximate surface area is 234 Å². The van der Waals surface area contributed by atoms with E-state index in [1.54, 1.807) is 28.8 Å². The summed E-state index contributed by atoms with van der Waals surface area (Å²) in [5, 5.41) is 2.81. The lowest BCUT2D eigenvalue weighted by Crippen LogP contribution is -2.47. The first-order chi connectivity index (χ1) is 19.2. The number of carbonyl (C=O) groups excluding carboxylic acids is 1. The summed E-state index contributed by atoms with van der Waals surface area (Å²) in [4.78, 5) is 26.0. The van der Waals surface area contributed by atoms with Gasteiger partial charge in [-0.25, -0.2) is 15.0 Å². The molecule has 0 bridgehead atoms. The zero-order chi connectivity index (χ0) is 28.7. The molecule has 2 aliphatic heterocycles. The van der Waals surface area contributed by atoms with Crippen molar-refractivity contribution in [3.05, 3.63) is 42.2 Å². The second-order valence-corrected chi connectivity index (χ2v) is 15.3. The Morgan fingerprint density at radius 1 is 1.18 bits per heavy atom. The van der Waals surface area contributed by atoms with Crippen LogP contribution in [0.1, 0.15) is 51.2 Å². The van der Waals surface area contributed by atoms with Gasteiger partial charge in [-0.05, 0) is 44.1 Å². The topological polar surface area (TPSA) is 136 Å². The molecule has 1 amide bonds. The van der Waals surface area contributed by atoms with Crippen molar-refractivity contribution in [1.29, 1.82) is 0 Å². The summed E-state index contributed by atoms with van der Waals surface area (Å²) in [5.74, 6) is 1.98. The quantitative estimate of drug-likeness (QED) is 0.291. The van der Waals surface area contributed by atoms with Gasteiger partial charge in [0.15, 0.2) is 37.3 Å². The van der Waals surface area contributed by atoms with E-state index in [0.717, 1.165) is 18.1 Å². The van der Waals surface area contributed by atoms with Crippen LogP contribution in [0.2, 0.25) is 18.1 Å². The number of terminal acetylenes is 1. The lowest BCUT2D eigenvalue weighted by Gasteiger charge is -2.34. The molecule has 5 atom stereocenters. The predicted molar refractivity (Wildman–Crippen MR) is 153 cm³/mol. The standard InChI is InChI=1S/C28H36N6O5Si/c1-7-18(39-40(8-2,9-3)10-4)20-21-22(38-28(5,6)37-21)26(36-20)34-24-19(32-27(34)29)23(30-16-31-24)33-25(35)17-14-12-11-13-15-17/h1,11-16,18,20-22,26H,8-10H2,2-6H3,(H2,29,32)(H,30,31,33,35)/t18-,20-,21-,22-,26-/m1/s1. The Kier molecular flexibility index (Phi) is 7.69. The van der Waals surface area contributed by atoms with Gasteiger partial charge in [-0.3, -0.25) is 9.36 Å². The van der Waals surface area contributed by atoms with Crippen LogP contribution in [0.4, 0.5) is 11.8 Å². The van der Waals surface area contributed by atoms with Crippen molar-refractivity contribution in [1.82, 2.24) is 19.5 Å². The van der Waals surface area contributed by atoms with Gasteiger partial charge in [-0.15, -0.1) is 6.42 Å². The smallest absolute Gasteiger partial charge is 0.256 e. The molecule has 3 N–H and O–H groups in total. The fourth-order valence-electron chi connectivity index (χ4n) is 5.56. The molecule has 4 heterocycles. The van der Waals surface area contributed by atoms with E-state index in [1.165, 1.54) is 6.33 Å². The van der Waals surface area contributed by atoms with Crippen molar-refractivity contribution >= 4 is 37.2 Å². The van der Waals surface area contributed by atoms with Gasteiger partial charge >= 0.3 is 0 Å². The minimum absolute atomic E-state index is 0.126. The van der Waals surface area contributed by atoms with Crippen LogP contribution in [0.3, 0.4) is 0 Å². The molecule has 2 aliphatic rings. The number of anilines is 2. The highest BCUT2D eigenvalue weighted by Gasteiger charge is 2.59. The number of aromatic nitrogens is 4. The first-order valence-electron chi connectivity index (χ1n) is 13.7. The first kappa shape index (κ1) is 28.2. The van der Waals surface area contributed by atoms with E-state index in [4.69, 9.17) is 30.8 Å². The van der Waals surface area contributed by atoms with E-state index in [-0.39, 0.29) is 17.7 Å². The van der Waals surface area contributed by atoms with Crippen LogP contribution in [-0.2, 0) is 18.6 Å². The van der Waals surface area contributed by atoms with Gasteiger partial charge in [-0.2, -0.15) is 0 Å². The number of nitrogen functional groups attached to an aromatic ring is 1. The number of fused-ring (bicyclic) bond motifs is 2. The van der Waals surface area contributed by atoms with Crippen LogP contribution in [0, 0.1) is 12.3 Å². The molecule has 0 radical (unpaired) electrons. The minimum atomic E-state index is -2.07. The maximum absolute atomic E-state index is 12.8. The zero-order valence-electron chi connectivity index (χ0n) is 23.5. The number of nitrogens with one attached hydrogen (secondary N) is 1. The highest BCUT2D eigenvalue weighted by Crippen LogP contribution is 2.46. The van der Waals surface area contributed by atoms with E-state index < -0.39 is 44.7 Å². The highest BCUT2D eigenvalue weighted by molar-refractivity contribution is 6.73. The maximum Gasteiger partial charge on any atom is 0.256 e. The summed E-state index contributed by atoms with van der Waals surface area (Å²) in [7, 11) is -2.07. The van der Waals surface area contributed by atoms with Gasteiger partial charge in [0.05, 0.1) is 0 Å². The van der Waals surface area contributed by atoms with E-state index in [9.17, 15) is 4.79 Å². The Bertz CT molecular complexity index is 1410. The van der Waals surface area contributed by atoms with Gasteiger partial charge in [0, 0.05) is 5.56 Å². The Morgan fingerprint density at radius 2 is 1.85 bits per heavy atom. The molecular weight excluding hydrogens is 528 g/mol. The van der Waals surface area contributed by atoms with E-state index in [2.05, 4.69) is 47.0 Å². The van der Waals surface area contributed by atoms with Gasteiger partial charge in [0.1, 0.15) is 30.7 Å². The molecule has 0 saturated carbocycles. The molecule has 0 spiro atoms. The first-order valence-corrected chi connectivity index (χ1v) is 16.2. The molecular formula is C28H36N6O5Si. The SMILES string of the molecule is C#C[C@@H](O[Si](CC)(CC)CC)[C@H]1O[C@@H](n2c(N)nc3c(NC(=O)c4ccccc4)ncnc32)[C@@H]2OC(C)(C)O[C@@H]21. The molecule has 2 saturated heterocycles. The third kappa shape index (κ3) is 4.99. The van der Waals surface area contributed by atoms with Crippen molar-refractivity contribution in [3.63, 3.8) is 0 Å². The van der Waals surface area contributed by atoms with Crippen LogP contribution in [0.5, 0.6) is 0 Å². The monoisotopic (exact) mass is 564 g/mol. The second-order valence-electron chi connectivity index (χ2n) is 10.6. The molecule has 1 aromatic carbocycles. The summed E-state index contributed by atoms with van der Waals surface area (Å²) in [6.07, 6.45) is 4.33. The van der Waals surface area contributed by atoms with Crippen LogP contribution >= 0.6 is 0 Å². The molecule has 0 unspecified atom stereocenters. The number of benzene rings is 1. The lowest BCUT2D eigenvalue weighted by atomic mass is 10.1. The van der Waals surface area contributed by atoms with Gasteiger partial charge < -0.3 is 29.7 Å². The average molecular weight is 565 g/mol. The summed E-state index contributed by atoms with van der Waals surface area (Å²) in [6, 6.07) is 11.7. The Hall–Kier alpha value is -3.34. The largest absolute Gasteiger partial charge is 0.401 e. The number of nitrogens with zero attached hydrogens (tertiary/aromatic N) is 4. The van der Waals surface area contributed by atoms with Gasteiger partial charge in [0.2, 0.25) is 5.95 Å². The Morgan fingerprint density at radius 3 is 2.50 bits per heavy atom. The van der Waals surface area contributed by atoms with Gasteiger partial charge in [-0.1, -0.05) is 44.9 Å². The zero-order valence-corrected chi connectivity index (χ0v) is 24.5. The van der Waals surface area contributed by atoms with Crippen molar-refractivity contribution in [3.8, 4) is 12.3 Å². The van der Waals surface area contributed by atoms with E-state index in [0.29, 0.717) is 16.7 Å². The summed E-state index contributed by atoms with van der Waals surface area (Å²) in [6.45, 7) is 10.2. The normalized spacial score (nSPS) is 24.5. The number of amides is 1. The molecule has 0 aliphatic carbocycles. The van der Waals surface area contributed by atoms with Crippen molar-refractivity contribution in [2.24, 2.45) is 0 Å². The molecule has 11 nitrogen and oxygen atoms in total.